The van der Waals surface area contributed by atoms with E-state index in [0.717, 1.165) is 5.56 Å². The topological polar surface area (TPSA) is 110 Å². The average molecular weight is 414 g/mol. The van der Waals surface area contributed by atoms with Crippen molar-refractivity contribution in [3.8, 4) is 0 Å². The van der Waals surface area contributed by atoms with Crippen LogP contribution in [0.25, 0.3) is 0 Å². The number of H-pyrrole nitrogens is 1. The first kappa shape index (κ1) is 20.6. The summed E-state index contributed by atoms with van der Waals surface area (Å²) in [6.45, 7) is 0.811. The SMILES string of the molecule is COCCCN(C(=O)c1cccs1)c1c(N)n(Cc2ccccc2)c(=O)[nH]c1=O. The van der Waals surface area contributed by atoms with Gasteiger partial charge in [0, 0.05) is 20.3 Å². The maximum atomic E-state index is 13.1. The van der Waals surface area contributed by atoms with Crippen molar-refractivity contribution in [3.05, 3.63) is 79.1 Å². The summed E-state index contributed by atoms with van der Waals surface area (Å²) >= 11 is 1.27. The van der Waals surface area contributed by atoms with Crippen molar-refractivity contribution < 1.29 is 9.53 Å². The zero-order valence-electron chi connectivity index (χ0n) is 16.0. The summed E-state index contributed by atoms with van der Waals surface area (Å²) in [5.74, 6) is -0.400. The molecular weight excluding hydrogens is 392 g/mol. The smallest absolute Gasteiger partial charge is 0.330 e. The van der Waals surface area contributed by atoms with Crippen molar-refractivity contribution in [2.45, 2.75) is 13.0 Å². The Morgan fingerprint density at radius 2 is 1.97 bits per heavy atom. The monoisotopic (exact) mass is 414 g/mol. The van der Waals surface area contributed by atoms with Gasteiger partial charge in [-0.2, -0.15) is 0 Å². The second-order valence-corrected chi connectivity index (χ2v) is 7.29. The summed E-state index contributed by atoms with van der Waals surface area (Å²) in [5.41, 5.74) is 5.74. The number of rotatable bonds is 8. The second-order valence-electron chi connectivity index (χ2n) is 6.35. The van der Waals surface area contributed by atoms with Gasteiger partial charge in [0.2, 0.25) is 0 Å². The van der Waals surface area contributed by atoms with Crippen LogP contribution in [0.2, 0.25) is 0 Å². The van der Waals surface area contributed by atoms with E-state index in [0.29, 0.717) is 17.9 Å². The number of aromatic amines is 1. The minimum atomic E-state index is -0.695. The van der Waals surface area contributed by atoms with Crippen LogP contribution < -0.4 is 21.9 Å². The number of thiophene rings is 1. The van der Waals surface area contributed by atoms with E-state index in [1.165, 1.54) is 20.8 Å². The number of benzene rings is 1. The van der Waals surface area contributed by atoms with Gasteiger partial charge in [0.05, 0.1) is 11.4 Å². The number of nitrogens with zero attached hydrogens (tertiary/aromatic N) is 2. The van der Waals surface area contributed by atoms with Gasteiger partial charge in [0.15, 0.2) is 5.69 Å². The van der Waals surface area contributed by atoms with Crippen LogP contribution in [-0.4, -0.2) is 35.7 Å². The van der Waals surface area contributed by atoms with Crippen molar-refractivity contribution in [2.24, 2.45) is 0 Å². The number of ether oxygens (including phenoxy) is 1. The molecule has 0 radical (unpaired) electrons. The normalized spacial score (nSPS) is 10.8. The van der Waals surface area contributed by atoms with Crippen molar-refractivity contribution in [2.75, 3.05) is 30.9 Å². The van der Waals surface area contributed by atoms with Gasteiger partial charge in [-0.05, 0) is 23.4 Å². The molecule has 0 unspecified atom stereocenters. The molecule has 0 saturated heterocycles. The lowest BCUT2D eigenvalue weighted by molar-refractivity contribution is 0.0987. The molecule has 0 aliphatic carbocycles. The van der Waals surface area contributed by atoms with E-state index >= 15 is 0 Å². The third-order valence-electron chi connectivity index (χ3n) is 4.37. The lowest BCUT2D eigenvalue weighted by Crippen LogP contribution is -2.41. The molecule has 152 valence electrons. The van der Waals surface area contributed by atoms with E-state index < -0.39 is 11.2 Å². The molecule has 0 fully saturated rings. The first-order valence-electron chi connectivity index (χ1n) is 9.03. The van der Waals surface area contributed by atoms with Gasteiger partial charge in [0.1, 0.15) is 5.82 Å². The summed E-state index contributed by atoms with van der Waals surface area (Å²) < 4.78 is 6.33. The average Bonchev–Trinajstić information content (AvgIpc) is 3.25. The Bertz CT molecular complexity index is 1070. The zero-order valence-corrected chi connectivity index (χ0v) is 16.8. The first-order valence-corrected chi connectivity index (χ1v) is 9.91. The number of carbonyl (C=O) groups excluding carboxylic acids is 1. The summed E-state index contributed by atoms with van der Waals surface area (Å²) in [6.07, 6.45) is 0.504. The van der Waals surface area contributed by atoms with E-state index in [-0.39, 0.29) is 30.5 Å². The van der Waals surface area contributed by atoms with Crippen molar-refractivity contribution in [3.63, 3.8) is 0 Å². The number of hydrogen-bond acceptors (Lipinski definition) is 6. The third kappa shape index (κ3) is 4.64. The quantitative estimate of drug-likeness (QED) is 0.547. The summed E-state index contributed by atoms with van der Waals surface area (Å²) in [7, 11) is 1.56. The highest BCUT2D eigenvalue weighted by Gasteiger charge is 2.25. The maximum absolute atomic E-state index is 13.1. The summed E-state index contributed by atoms with van der Waals surface area (Å²) in [6, 6.07) is 12.7. The van der Waals surface area contributed by atoms with Crippen molar-refractivity contribution in [1.29, 1.82) is 0 Å². The van der Waals surface area contributed by atoms with Gasteiger partial charge >= 0.3 is 5.69 Å². The molecule has 2 aromatic heterocycles. The molecule has 3 aromatic rings. The Labute approximate surface area is 171 Å². The number of nitrogen functional groups attached to an aromatic ring is 1. The molecule has 29 heavy (non-hydrogen) atoms. The Morgan fingerprint density at radius 1 is 1.21 bits per heavy atom. The lowest BCUT2D eigenvalue weighted by Gasteiger charge is -2.24. The van der Waals surface area contributed by atoms with E-state index in [1.54, 1.807) is 24.6 Å². The largest absolute Gasteiger partial charge is 0.385 e. The van der Waals surface area contributed by atoms with Crippen LogP contribution in [-0.2, 0) is 11.3 Å². The van der Waals surface area contributed by atoms with Crippen molar-refractivity contribution >= 4 is 28.7 Å². The minimum absolute atomic E-state index is 0.0324. The number of hydrogen-bond donors (Lipinski definition) is 2. The first-order chi connectivity index (χ1) is 14.0. The van der Waals surface area contributed by atoms with E-state index in [1.807, 2.05) is 30.3 Å². The summed E-state index contributed by atoms with van der Waals surface area (Å²) in [5, 5.41) is 1.78. The minimum Gasteiger partial charge on any atom is -0.385 e. The molecule has 0 saturated carbocycles. The third-order valence-corrected chi connectivity index (χ3v) is 5.23. The van der Waals surface area contributed by atoms with Gasteiger partial charge in [-0.25, -0.2) is 4.79 Å². The number of nitrogens with two attached hydrogens (primary N) is 1. The molecule has 8 nitrogen and oxygen atoms in total. The molecule has 3 N–H and O–H groups in total. The van der Waals surface area contributed by atoms with Crippen LogP contribution in [0, 0.1) is 0 Å². The van der Waals surface area contributed by atoms with Gasteiger partial charge in [-0.3, -0.25) is 24.0 Å². The van der Waals surface area contributed by atoms with E-state index in [9.17, 15) is 14.4 Å². The molecule has 1 aromatic carbocycles. The molecular formula is C20H22N4O4S. The number of carbonyl (C=O) groups is 1. The highest BCUT2D eigenvalue weighted by Crippen LogP contribution is 2.22. The van der Waals surface area contributed by atoms with Gasteiger partial charge in [-0.1, -0.05) is 36.4 Å². The van der Waals surface area contributed by atoms with E-state index in [2.05, 4.69) is 4.98 Å². The Hall–Kier alpha value is -3.17. The fourth-order valence-corrected chi connectivity index (χ4v) is 3.65. The van der Waals surface area contributed by atoms with Crippen LogP contribution >= 0.6 is 11.3 Å². The van der Waals surface area contributed by atoms with E-state index in [4.69, 9.17) is 10.5 Å². The molecule has 1 amide bonds. The second kappa shape index (κ2) is 9.35. The number of methoxy groups -OCH3 is 1. The van der Waals surface area contributed by atoms with Gasteiger partial charge < -0.3 is 10.5 Å². The van der Waals surface area contributed by atoms with Gasteiger partial charge in [-0.15, -0.1) is 11.3 Å². The Balaban J connectivity index is 2.06. The van der Waals surface area contributed by atoms with Gasteiger partial charge in [0.25, 0.3) is 11.5 Å². The van der Waals surface area contributed by atoms with Crippen LogP contribution in [0.3, 0.4) is 0 Å². The Morgan fingerprint density at radius 3 is 2.62 bits per heavy atom. The number of aromatic nitrogens is 2. The summed E-state index contributed by atoms with van der Waals surface area (Å²) in [4.78, 5) is 42.2. The van der Waals surface area contributed by atoms with Crippen LogP contribution in [0.15, 0.2) is 57.4 Å². The standard InChI is InChI=1S/C20H22N4O4S/c1-28-11-6-10-23(19(26)15-9-5-12-29-15)16-17(21)24(20(27)22-18(16)25)13-14-7-3-2-4-8-14/h2-5,7-9,12H,6,10-11,13,21H2,1H3,(H,22,25,27). The van der Waals surface area contributed by atoms with Crippen LogP contribution in [0.4, 0.5) is 11.5 Å². The highest BCUT2D eigenvalue weighted by atomic mass is 32.1. The molecule has 0 bridgehead atoms. The molecule has 0 aliphatic rings. The molecule has 2 heterocycles. The van der Waals surface area contributed by atoms with Crippen LogP contribution in [0.5, 0.6) is 0 Å². The molecule has 0 aliphatic heterocycles. The highest BCUT2D eigenvalue weighted by molar-refractivity contribution is 7.12. The molecule has 0 spiro atoms. The molecule has 3 rings (SSSR count). The lowest BCUT2D eigenvalue weighted by atomic mass is 10.2. The predicted octanol–water partition coefficient (Wildman–Crippen LogP) is 1.91. The molecule has 9 heteroatoms. The fourth-order valence-electron chi connectivity index (χ4n) is 2.98. The number of amides is 1. The van der Waals surface area contributed by atoms with Crippen LogP contribution in [0.1, 0.15) is 21.7 Å². The Kier molecular flexibility index (Phi) is 6.63. The zero-order chi connectivity index (χ0) is 20.8. The van der Waals surface area contributed by atoms with Crippen molar-refractivity contribution in [1.82, 2.24) is 9.55 Å². The maximum Gasteiger partial charge on any atom is 0.330 e. The number of anilines is 2. The number of nitrogens with one attached hydrogen (secondary N) is 1. The molecule has 0 atom stereocenters. The fraction of sp³-hybridized carbons (Fsp3) is 0.250. The predicted molar refractivity (Wildman–Crippen MR) is 114 cm³/mol.